The fourth-order valence-electron chi connectivity index (χ4n) is 2.36. The number of hydrogen-bond acceptors (Lipinski definition) is 5. The van der Waals surface area contributed by atoms with Crippen molar-refractivity contribution in [2.24, 2.45) is 5.10 Å². The first-order valence-corrected chi connectivity index (χ1v) is 10.4. The minimum absolute atomic E-state index is 0.261. The number of hydrazone groups is 1. The van der Waals surface area contributed by atoms with E-state index in [1.54, 1.807) is 54.6 Å². The molecule has 0 aromatic heterocycles. The molecule has 3 aromatic rings. The predicted octanol–water partition coefficient (Wildman–Crippen LogP) is 5.50. The standard InChI is InChI=1S/C22H15BrCl2N2O4/c23-18-4-2-1-3-17(18)22(29)31-16-8-5-14(6-9-16)12-26-27-21(28)13-30-20-10-7-15(24)11-19(20)25/h1-12H,13H2,(H,27,28)/b26-12-. The van der Waals surface area contributed by atoms with E-state index in [1.165, 1.54) is 12.3 Å². The highest BCUT2D eigenvalue weighted by molar-refractivity contribution is 9.10. The van der Waals surface area contributed by atoms with Gasteiger partial charge in [-0.2, -0.15) is 5.10 Å². The molecule has 31 heavy (non-hydrogen) atoms. The normalized spacial score (nSPS) is 10.7. The van der Waals surface area contributed by atoms with Crippen LogP contribution in [0.1, 0.15) is 15.9 Å². The number of halogens is 3. The lowest BCUT2D eigenvalue weighted by Gasteiger charge is -2.07. The van der Waals surface area contributed by atoms with Crippen LogP contribution in [0, 0.1) is 0 Å². The minimum atomic E-state index is -0.470. The number of carbonyl (C=O) groups is 2. The van der Waals surface area contributed by atoms with Gasteiger partial charge in [0.2, 0.25) is 0 Å². The van der Waals surface area contributed by atoms with Crippen LogP contribution >= 0.6 is 39.1 Å². The Labute approximate surface area is 196 Å². The second-order valence-corrected chi connectivity index (χ2v) is 7.79. The molecule has 1 N–H and O–H groups in total. The van der Waals surface area contributed by atoms with E-state index in [1.807, 2.05) is 6.07 Å². The number of amides is 1. The first-order chi connectivity index (χ1) is 14.9. The molecule has 0 saturated carbocycles. The van der Waals surface area contributed by atoms with E-state index in [-0.39, 0.29) is 6.61 Å². The van der Waals surface area contributed by atoms with Gasteiger partial charge >= 0.3 is 5.97 Å². The predicted molar refractivity (Wildman–Crippen MR) is 123 cm³/mol. The number of esters is 1. The van der Waals surface area contributed by atoms with Crippen LogP contribution in [0.2, 0.25) is 10.0 Å². The zero-order chi connectivity index (χ0) is 22.2. The van der Waals surface area contributed by atoms with Gasteiger partial charge in [0.15, 0.2) is 6.61 Å². The molecule has 0 atom stereocenters. The second kappa shape index (κ2) is 10.9. The molecule has 0 aliphatic carbocycles. The molecule has 0 fully saturated rings. The maximum absolute atomic E-state index is 12.2. The van der Waals surface area contributed by atoms with Gasteiger partial charge in [-0.3, -0.25) is 4.79 Å². The summed E-state index contributed by atoms with van der Waals surface area (Å²) in [6.07, 6.45) is 1.45. The van der Waals surface area contributed by atoms with Crippen molar-refractivity contribution in [3.8, 4) is 11.5 Å². The number of ether oxygens (including phenoxy) is 2. The van der Waals surface area contributed by atoms with Crippen molar-refractivity contribution < 1.29 is 19.1 Å². The van der Waals surface area contributed by atoms with Crippen LogP contribution in [0.15, 0.2) is 76.3 Å². The average Bonchev–Trinajstić information content (AvgIpc) is 2.74. The summed E-state index contributed by atoms with van der Waals surface area (Å²) in [5.74, 6) is -0.198. The van der Waals surface area contributed by atoms with Gasteiger partial charge in [0.05, 0.1) is 16.8 Å². The van der Waals surface area contributed by atoms with Crippen molar-refractivity contribution in [2.45, 2.75) is 0 Å². The molecule has 6 nitrogen and oxygen atoms in total. The largest absolute Gasteiger partial charge is 0.482 e. The molecular formula is C22H15BrCl2N2O4. The van der Waals surface area contributed by atoms with Crippen LogP contribution in [0.5, 0.6) is 11.5 Å². The van der Waals surface area contributed by atoms with Gasteiger partial charge in [-0.05, 0) is 76.1 Å². The fourth-order valence-corrected chi connectivity index (χ4v) is 3.27. The summed E-state index contributed by atoms with van der Waals surface area (Å²) in [6, 6.07) is 18.4. The van der Waals surface area contributed by atoms with E-state index in [4.69, 9.17) is 32.7 Å². The van der Waals surface area contributed by atoms with Crippen molar-refractivity contribution >= 4 is 57.2 Å². The first kappa shape index (κ1) is 22.8. The Hall–Kier alpha value is -2.87. The summed E-state index contributed by atoms with van der Waals surface area (Å²) in [7, 11) is 0. The van der Waals surface area contributed by atoms with Gasteiger partial charge in [0.1, 0.15) is 11.5 Å². The number of nitrogens with zero attached hydrogens (tertiary/aromatic N) is 1. The third kappa shape index (κ3) is 6.82. The van der Waals surface area contributed by atoms with Gasteiger partial charge < -0.3 is 9.47 Å². The zero-order valence-corrected chi connectivity index (χ0v) is 18.9. The first-order valence-electron chi connectivity index (χ1n) is 8.89. The van der Waals surface area contributed by atoms with Crippen LogP contribution in [-0.2, 0) is 4.79 Å². The Morgan fingerprint density at radius 1 is 1.03 bits per heavy atom. The number of rotatable bonds is 7. The van der Waals surface area contributed by atoms with Crippen LogP contribution in [0.25, 0.3) is 0 Å². The van der Waals surface area contributed by atoms with Gasteiger partial charge in [0.25, 0.3) is 5.91 Å². The third-order valence-electron chi connectivity index (χ3n) is 3.84. The van der Waals surface area contributed by atoms with Crippen LogP contribution in [0.3, 0.4) is 0 Å². The molecule has 0 aliphatic rings. The molecule has 0 heterocycles. The molecule has 0 bridgehead atoms. The van der Waals surface area contributed by atoms with E-state index in [9.17, 15) is 9.59 Å². The number of hydrogen-bond donors (Lipinski definition) is 1. The molecule has 1 amide bonds. The molecule has 0 radical (unpaired) electrons. The van der Waals surface area contributed by atoms with E-state index >= 15 is 0 Å². The van der Waals surface area contributed by atoms with Gasteiger partial charge in [0, 0.05) is 9.50 Å². The van der Waals surface area contributed by atoms with Crippen LogP contribution in [-0.4, -0.2) is 24.7 Å². The molecule has 0 spiro atoms. The Kier molecular flexibility index (Phi) is 8.06. The van der Waals surface area contributed by atoms with Gasteiger partial charge in [-0.1, -0.05) is 35.3 Å². The summed E-state index contributed by atoms with van der Waals surface area (Å²) in [5.41, 5.74) is 3.48. The summed E-state index contributed by atoms with van der Waals surface area (Å²) in [4.78, 5) is 24.1. The van der Waals surface area contributed by atoms with Crippen LogP contribution in [0.4, 0.5) is 0 Å². The maximum atomic E-state index is 12.2. The Morgan fingerprint density at radius 3 is 2.48 bits per heavy atom. The molecule has 0 saturated heterocycles. The lowest BCUT2D eigenvalue weighted by atomic mass is 10.2. The van der Waals surface area contributed by atoms with Crippen LogP contribution < -0.4 is 14.9 Å². The molecule has 0 aliphatic heterocycles. The van der Waals surface area contributed by atoms with Crippen molar-refractivity contribution in [3.63, 3.8) is 0 Å². The smallest absolute Gasteiger partial charge is 0.344 e. The van der Waals surface area contributed by atoms with Crippen molar-refractivity contribution in [3.05, 3.63) is 92.4 Å². The molecular weight excluding hydrogens is 507 g/mol. The number of nitrogens with one attached hydrogen (secondary N) is 1. The summed E-state index contributed by atoms with van der Waals surface area (Å²) >= 11 is 15.1. The Bertz CT molecular complexity index is 1120. The monoisotopic (exact) mass is 520 g/mol. The maximum Gasteiger partial charge on any atom is 0.344 e. The molecule has 9 heteroatoms. The lowest BCUT2D eigenvalue weighted by molar-refractivity contribution is -0.123. The average molecular weight is 522 g/mol. The molecule has 158 valence electrons. The van der Waals surface area contributed by atoms with Crippen molar-refractivity contribution in [1.82, 2.24) is 5.43 Å². The SMILES string of the molecule is O=C(COc1ccc(Cl)cc1Cl)N/N=C\c1ccc(OC(=O)c2ccccc2Br)cc1. The number of carbonyl (C=O) groups excluding carboxylic acids is 2. The van der Waals surface area contributed by atoms with E-state index in [0.29, 0.717) is 37.1 Å². The van der Waals surface area contributed by atoms with Gasteiger partial charge in [-0.25, -0.2) is 10.2 Å². The second-order valence-electron chi connectivity index (χ2n) is 6.09. The summed E-state index contributed by atoms with van der Waals surface area (Å²) in [5, 5.41) is 4.65. The molecule has 0 unspecified atom stereocenters. The lowest BCUT2D eigenvalue weighted by Crippen LogP contribution is -2.24. The van der Waals surface area contributed by atoms with E-state index in [2.05, 4.69) is 26.5 Å². The van der Waals surface area contributed by atoms with E-state index < -0.39 is 11.9 Å². The Morgan fingerprint density at radius 2 is 1.77 bits per heavy atom. The number of benzene rings is 3. The quantitative estimate of drug-likeness (QED) is 0.192. The third-order valence-corrected chi connectivity index (χ3v) is 5.06. The highest BCUT2D eigenvalue weighted by Gasteiger charge is 2.11. The topological polar surface area (TPSA) is 77.0 Å². The van der Waals surface area contributed by atoms with Crippen molar-refractivity contribution in [1.29, 1.82) is 0 Å². The van der Waals surface area contributed by atoms with Gasteiger partial charge in [-0.15, -0.1) is 0 Å². The highest BCUT2D eigenvalue weighted by Crippen LogP contribution is 2.27. The highest BCUT2D eigenvalue weighted by atomic mass is 79.9. The fraction of sp³-hybridized carbons (Fsp3) is 0.0455. The molecule has 3 rings (SSSR count). The van der Waals surface area contributed by atoms with E-state index in [0.717, 1.165) is 0 Å². The summed E-state index contributed by atoms with van der Waals surface area (Å²) in [6.45, 7) is -0.261. The van der Waals surface area contributed by atoms with Crippen molar-refractivity contribution in [2.75, 3.05) is 6.61 Å². The zero-order valence-electron chi connectivity index (χ0n) is 15.8. The summed E-state index contributed by atoms with van der Waals surface area (Å²) < 4.78 is 11.3. The molecule has 3 aromatic carbocycles. The minimum Gasteiger partial charge on any atom is -0.482 e. The Balaban J connectivity index is 1.48.